The Balaban J connectivity index is 1.28. The van der Waals surface area contributed by atoms with Crippen molar-refractivity contribution in [1.29, 1.82) is 0 Å². The second-order valence-electron chi connectivity index (χ2n) is 8.54. The third-order valence-corrected chi connectivity index (χ3v) is 6.16. The van der Waals surface area contributed by atoms with Crippen molar-refractivity contribution >= 4 is 16.8 Å². The first-order valence-electron chi connectivity index (χ1n) is 11.2. The highest BCUT2D eigenvalue weighted by Crippen LogP contribution is 2.33. The first-order valence-corrected chi connectivity index (χ1v) is 11.2. The lowest BCUT2D eigenvalue weighted by atomic mass is 9.91. The van der Waals surface area contributed by atoms with Gasteiger partial charge in [-0.2, -0.15) is 0 Å². The summed E-state index contributed by atoms with van der Waals surface area (Å²) < 4.78 is 30.0. The fourth-order valence-corrected chi connectivity index (χ4v) is 4.16. The van der Waals surface area contributed by atoms with Crippen molar-refractivity contribution in [2.45, 2.75) is 32.6 Å². The molecule has 2 heterocycles. The summed E-state index contributed by atoms with van der Waals surface area (Å²) in [5.74, 6) is 1.19. The van der Waals surface area contributed by atoms with E-state index in [4.69, 9.17) is 14.0 Å². The standard InChI is InChI=1S/C26H29FN2O4/c1-17(16-32-23-7-4-20(18(2)30)14-25(23)31-3)8-11-29-12-9-19(10-13-29)26-22-6-5-21(27)15-24(22)33-28-26/h4-8,14-15,19H,9-13,16H2,1-3H3. The van der Waals surface area contributed by atoms with E-state index in [9.17, 15) is 9.18 Å². The number of Topliss-reactive ketones (excluding diaryl/α,β-unsaturated/α-hetero) is 1. The SMILES string of the molecule is COc1cc(C(C)=O)ccc1OCC(C)=CCN1CCC(c2noc3cc(F)ccc23)CC1. The Labute approximate surface area is 192 Å². The summed E-state index contributed by atoms with van der Waals surface area (Å²) in [6, 6.07) is 9.84. The van der Waals surface area contributed by atoms with E-state index in [0.717, 1.165) is 49.1 Å². The molecule has 1 aromatic heterocycles. The van der Waals surface area contributed by atoms with Crippen LogP contribution in [0.2, 0.25) is 0 Å². The van der Waals surface area contributed by atoms with Crippen LogP contribution in [-0.4, -0.2) is 49.2 Å². The molecule has 1 saturated heterocycles. The Morgan fingerprint density at radius 3 is 2.70 bits per heavy atom. The van der Waals surface area contributed by atoms with Crippen LogP contribution in [0.1, 0.15) is 48.7 Å². The quantitative estimate of drug-likeness (QED) is 0.338. The Morgan fingerprint density at radius 1 is 1.18 bits per heavy atom. The van der Waals surface area contributed by atoms with Gasteiger partial charge in [-0.05, 0) is 75.7 Å². The van der Waals surface area contributed by atoms with Crippen molar-refractivity contribution in [1.82, 2.24) is 10.1 Å². The van der Waals surface area contributed by atoms with Gasteiger partial charge in [-0.15, -0.1) is 0 Å². The van der Waals surface area contributed by atoms with Crippen molar-refractivity contribution < 1.29 is 23.2 Å². The molecule has 0 saturated carbocycles. The summed E-state index contributed by atoms with van der Waals surface area (Å²) in [5.41, 5.74) is 3.17. The number of benzene rings is 2. The molecular weight excluding hydrogens is 423 g/mol. The number of methoxy groups -OCH3 is 1. The topological polar surface area (TPSA) is 64.8 Å². The normalized spacial score (nSPS) is 15.7. The van der Waals surface area contributed by atoms with Crippen LogP contribution in [0.3, 0.4) is 0 Å². The molecule has 0 unspecified atom stereocenters. The molecular formula is C26H29FN2O4. The van der Waals surface area contributed by atoms with Gasteiger partial charge in [0.05, 0.1) is 12.8 Å². The largest absolute Gasteiger partial charge is 0.493 e. The summed E-state index contributed by atoms with van der Waals surface area (Å²) in [4.78, 5) is 14.0. The van der Waals surface area contributed by atoms with Crippen molar-refractivity contribution in [3.05, 3.63) is 65.1 Å². The molecule has 3 aromatic rings. The van der Waals surface area contributed by atoms with E-state index in [1.807, 2.05) is 6.92 Å². The molecule has 33 heavy (non-hydrogen) atoms. The predicted octanol–water partition coefficient (Wildman–Crippen LogP) is 5.38. The van der Waals surface area contributed by atoms with Gasteiger partial charge in [0.2, 0.25) is 0 Å². The number of hydrogen-bond acceptors (Lipinski definition) is 6. The Bertz CT molecular complexity index is 1160. The van der Waals surface area contributed by atoms with Gasteiger partial charge in [0, 0.05) is 29.5 Å². The van der Waals surface area contributed by atoms with Gasteiger partial charge in [-0.3, -0.25) is 9.69 Å². The maximum atomic E-state index is 13.4. The average Bonchev–Trinajstić information content (AvgIpc) is 3.24. The number of aromatic nitrogens is 1. The summed E-state index contributed by atoms with van der Waals surface area (Å²) >= 11 is 0. The number of piperidine rings is 1. The summed E-state index contributed by atoms with van der Waals surface area (Å²) in [5, 5.41) is 5.14. The number of halogens is 1. The zero-order chi connectivity index (χ0) is 23.4. The number of carbonyl (C=O) groups is 1. The van der Waals surface area contributed by atoms with Crippen LogP contribution in [0, 0.1) is 5.82 Å². The summed E-state index contributed by atoms with van der Waals surface area (Å²) in [7, 11) is 1.57. The molecule has 2 aromatic carbocycles. The fourth-order valence-electron chi connectivity index (χ4n) is 4.16. The fraction of sp³-hybridized carbons (Fsp3) is 0.385. The molecule has 6 nitrogen and oxygen atoms in total. The van der Waals surface area contributed by atoms with Crippen LogP contribution in [-0.2, 0) is 0 Å². The second kappa shape index (κ2) is 10.2. The van der Waals surface area contributed by atoms with Crippen molar-refractivity contribution in [3.63, 3.8) is 0 Å². The first kappa shape index (κ1) is 23.0. The van der Waals surface area contributed by atoms with Gasteiger partial charge >= 0.3 is 0 Å². The number of ether oxygens (including phenoxy) is 2. The van der Waals surface area contributed by atoms with Crippen LogP contribution in [0.4, 0.5) is 4.39 Å². The minimum atomic E-state index is -0.308. The monoisotopic (exact) mass is 452 g/mol. The minimum absolute atomic E-state index is 0.00895. The number of nitrogens with zero attached hydrogens (tertiary/aromatic N) is 2. The molecule has 0 N–H and O–H groups in total. The number of hydrogen-bond donors (Lipinski definition) is 0. The van der Waals surface area contributed by atoms with E-state index in [2.05, 4.69) is 16.1 Å². The van der Waals surface area contributed by atoms with E-state index >= 15 is 0 Å². The number of rotatable bonds is 8. The molecule has 0 amide bonds. The van der Waals surface area contributed by atoms with Crippen LogP contribution in [0.25, 0.3) is 11.0 Å². The Morgan fingerprint density at radius 2 is 1.97 bits per heavy atom. The van der Waals surface area contributed by atoms with Gasteiger partial charge in [0.1, 0.15) is 12.4 Å². The maximum Gasteiger partial charge on any atom is 0.170 e. The molecule has 174 valence electrons. The van der Waals surface area contributed by atoms with Crippen molar-refractivity contribution in [2.24, 2.45) is 0 Å². The minimum Gasteiger partial charge on any atom is -0.493 e. The summed E-state index contributed by atoms with van der Waals surface area (Å²) in [6.45, 7) is 6.81. The Hall–Kier alpha value is -3.19. The Kier molecular flexibility index (Phi) is 7.08. The lowest BCUT2D eigenvalue weighted by Crippen LogP contribution is -2.33. The zero-order valence-corrected chi connectivity index (χ0v) is 19.3. The maximum absolute atomic E-state index is 13.4. The lowest BCUT2D eigenvalue weighted by molar-refractivity contribution is 0.101. The molecule has 0 aliphatic carbocycles. The third kappa shape index (κ3) is 5.42. The van der Waals surface area contributed by atoms with Crippen LogP contribution in [0.15, 0.2) is 52.6 Å². The number of fused-ring (bicyclic) bond motifs is 1. The number of carbonyl (C=O) groups excluding carboxylic acids is 1. The van der Waals surface area contributed by atoms with Gasteiger partial charge in [-0.1, -0.05) is 11.2 Å². The molecule has 0 radical (unpaired) electrons. The second-order valence-corrected chi connectivity index (χ2v) is 8.54. The van der Waals surface area contributed by atoms with E-state index < -0.39 is 0 Å². The van der Waals surface area contributed by atoms with Gasteiger partial charge in [0.15, 0.2) is 22.9 Å². The van der Waals surface area contributed by atoms with E-state index in [-0.39, 0.29) is 11.6 Å². The van der Waals surface area contributed by atoms with Gasteiger partial charge < -0.3 is 14.0 Å². The van der Waals surface area contributed by atoms with Crippen LogP contribution in [0.5, 0.6) is 11.5 Å². The smallest absolute Gasteiger partial charge is 0.170 e. The van der Waals surface area contributed by atoms with E-state index in [1.165, 1.54) is 19.1 Å². The molecule has 4 rings (SSSR count). The first-order chi connectivity index (χ1) is 15.9. The molecule has 1 aliphatic rings. The zero-order valence-electron chi connectivity index (χ0n) is 19.3. The highest BCUT2D eigenvalue weighted by atomic mass is 19.1. The molecule has 1 aliphatic heterocycles. The van der Waals surface area contributed by atoms with Crippen LogP contribution >= 0.6 is 0 Å². The molecule has 0 atom stereocenters. The van der Waals surface area contributed by atoms with Gasteiger partial charge in [0.25, 0.3) is 0 Å². The highest BCUT2D eigenvalue weighted by Gasteiger charge is 2.24. The van der Waals surface area contributed by atoms with Crippen LogP contribution < -0.4 is 9.47 Å². The molecule has 1 fully saturated rings. The molecule has 0 spiro atoms. The van der Waals surface area contributed by atoms with Gasteiger partial charge in [-0.25, -0.2) is 4.39 Å². The highest BCUT2D eigenvalue weighted by molar-refractivity contribution is 5.94. The predicted molar refractivity (Wildman–Crippen MR) is 125 cm³/mol. The average molecular weight is 453 g/mol. The molecule has 7 heteroatoms. The number of ketones is 1. The van der Waals surface area contributed by atoms with Crippen molar-refractivity contribution in [3.8, 4) is 11.5 Å². The third-order valence-electron chi connectivity index (χ3n) is 6.16. The number of likely N-dealkylation sites (tertiary alicyclic amines) is 1. The molecule has 0 bridgehead atoms. The van der Waals surface area contributed by atoms with E-state index in [1.54, 1.807) is 31.4 Å². The summed E-state index contributed by atoms with van der Waals surface area (Å²) in [6.07, 6.45) is 4.16. The lowest BCUT2D eigenvalue weighted by Gasteiger charge is -2.30. The van der Waals surface area contributed by atoms with E-state index in [0.29, 0.717) is 35.2 Å². The van der Waals surface area contributed by atoms with Crippen molar-refractivity contribution in [2.75, 3.05) is 33.4 Å².